The number of anilines is 1. The van der Waals surface area contributed by atoms with E-state index in [1.54, 1.807) is 13.0 Å². The minimum absolute atomic E-state index is 0.308. The molecular weight excluding hydrogens is 232 g/mol. The van der Waals surface area contributed by atoms with Crippen molar-refractivity contribution in [3.05, 3.63) is 17.8 Å². The van der Waals surface area contributed by atoms with Gasteiger partial charge in [-0.1, -0.05) is 12.8 Å². The third-order valence-corrected chi connectivity index (χ3v) is 2.88. The highest BCUT2D eigenvalue weighted by molar-refractivity contribution is 5.95. The number of carbonyl (C=O) groups excluding carboxylic acids is 1. The van der Waals surface area contributed by atoms with Crippen molar-refractivity contribution >= 4 is 11.7 Å². The predicted octanol–water partition coefficient (Wildman–Crippen LogP) is 2.02. The highest BCUT2D eigenvalue weighted by Gasteiger charge is 2.21. The summed E-state index contributed by atoms with van der Waals surface area (Å²) in [6.45, 7) is 2.70. The number of nitrogen functional groups attached to an aromatic ring is 1. The Bertz CT molecular complexity index is 430. The summed E-state index contributed by atoms with van der Waals surface area (Å²) in [6.07, 6.45) is 5.07. The van der Waals surface area contributed by atoms with Crippen molar-refractivity contribution in [1.29, 1.82) is 0 Å². The maximum atomic E-state index is 11.6. The zero-order valence-electron chi connectivity index (χ0n) is 10.5. The van der Waals surface area contributed by atoms with Gasteiger partial charge in [0, 0.05) is 6.07 Å². The molecule has 1 saturated carbocycles. The van der Waals surface area contributed by atoms with Crippen LogP contribution in [0.3, 0.4) is 0 Å². The Hall–Kier alpha value is -1.78. The molecular formula is C13H18N2O3. The van der Waals surface area contributed by atoms with Crippen molar-refractivity contribution in [3.8, 4) is 5.88 Å². The van der Waals surface area contributed by atoms with Crippen LogP contribution in [0.4, 0.5) is 5.69 Å². The summed E-state index contributed by atoms with van der Waals surface area (Å²) in [4.78, 5) is 15.7. The molecule has 0 spiro atoms. The molecule has 2 rings (SSSR count). The third kappa shape index (κ3) is 3.35. The third-order valence-electron chi connectivity index (χ3n) is 2.88. The molecule has 1 aliphatic rings. The smallest absolute Gasteiger partial charge is 0.340 e. The number of rotatable bonds is 6. The Labute approximate surface area is 106 Å². The molecule has 0 aliphatic heterocycles. The summed E-state index contributed by atoms with van der Waals surface area (Å²) in [5.74, 6) is 0.792. The zero-order chi connectivity index (χ0) is 13.0. The number of hydrogen-bond acceptors (Lipinski definition) is 5. The molecule has 0 aromatic carbocycles. The zero-order valence-corrected chi connectivity index (χ0v) is 10.5. The number of hydrogen-bond donors (Lipinski definition) is 1. The Morgan fingerprint density at radius 1 is 1.56 bits per heavy atom. The van der Waals surface area contributed by atoms with E-state index < -0.39 is 5.97 Å². The standard InChI is InChI=1S/C13H18N2O3/c1-2-17-13(16)10-7-12(15-8-11(10)14)18-6-5-9-3-4-9/h7-9H,2-6,14H2,1H3. The first-order valence-corrected chi connectivity index (χ1v) is 6.26. The number of pyridine rings is 1. The van der Waals surface area contributed by atoms with Crippen molar-refractivity contribution in [2.75, 3.05) is 18.9 Å². The van der Waals surface area contributed by atoms with Crippen LogP contribution < -0.4 is 10.5 Å². The highest BCUT2D eigenvalue weighted by Crippen LogP contribution is 2.32. The molecule has 5 heteroatoms. The van der Waals surface area contributed by atoms with Crippen LogP contribution in [-0.4, -0.2) is 24.2 Å². The summed E-state index contributed by atoms with van der Waals surface area (Å²) in [7, 11) is 0. The van der Waals surface area contributed by atoms with Gasteiger partial charge in [0.25, 0.3) is 0 Å². The van der Waals surface area contributed by atoms with Crippen molar-refractivity contribution in [1.82, 2.24) is 4.98 Å². The first-order chi connectivity index (χ1) is 8.70. The molecule has 0 saturated heterocycles. The molecule has 0 atom stereocenters. The quantitative estimate of drug-likeness (QED) is 0.782. The summed E-state index contributed by atoms with van der Waals surface area (Å²) < 4.78 is 10.4. The van der Waals surface area contributed by atoms with E-state index in [-0.39, 0.29) is 0 Å². The molecule has 2 N–H and O–H groups in total. The molecule has 1 heterocycles. The van der Waals surface area contributed by atoms with Gasteiger partial charge in [-0.05, 0) is 19.3 Å². The first-order valence-electron chi connectivity index (χ1n) is 6.26. The number of carbonyl (C=O) groups is 1. The fourth-order valence-corrected chi connectivity index (χ4v) is 1.65. The molecule has 0 radical (unpaired) electrons. The second-order valence-electron chi connectivity index (χ2n) is 4.41. The number of nitrogens with zero attached hydrogens (tertiary/aromatic N) is 1. The molecule has 1 aromatic rings. The van der Waals surface area contributed by atoms with Crippen LogP contribution in [0.2, 0.25) is 0 Å². The lowest BCUT2D eigenvalue weighted by molar-refractivity contribution is 0.0527. The highest BCUT2D eigenvalue weighted by atomic mass is 16.5. The van der Waals surface area contributed by atoms with Gasteiger partial charge in [-0.25, -0.2) is 9.78 Å². The van der Waals surface area contributed by atoms with Crippen LogP contribution >= 0.6 is 0 Å². The number of nitrogens with two attached hydrogens (primary N) is 1. The monoisotopic (exact) mass is 250 g/mol. The molecule has 98 valence electrons. The van der Waals surface area contributed by atoms with Crippen LogP contribution in [0.1, 0.15) is 36.5 Å². The lowest BCUT2D eigenvalue weighted by Crippen LogP contribution is -2.09. The minimum Gasteiger partial charge on any atom is -0.478 e. The first kappa shape index (κ1) is 12.7. The second kappa shape index (κ2) is 5.71. The maximum Gasteiger partial charge on any atom is 0.340 e. The van der Waals surface area contributed by atoms with E-state index in [1.807, 2.05) is 0 Å². The van der Waals surface area contributed by atoms with E-state index in [0.717, 1.165) is 12.3 Å². The van der Waals surface area contributed by atoms with Crippen LogP contribution in [0.15, 0.2) is 12.3 Å². The van der Waals surface area contributed by atoms with Gasteiger partial charge < -0.3 is 15.2 Å². The van der Waals surface area contributed by atoms with Gasteiger partial charge in [0.15, 0.2) is 0 Å². The average Bonchev–Trinajstić information content (AvgIpc) is 3.15. The van der Waals surface area contributed by atoms with Gasteiger partial charge in [-0.15, -0.1) is 0 Å². The van der Waals surface area contributed by atoms with Crippen molar-refractivity contribution < 1.29 is 14.3 Å². The molecule has 1 aromatic heterocycles. The van der Waals surface area contributed by atoms with Gasteiger partial charge >= 0.3 is 5.97 Å². The maximum absolute atomic E-state index is 11.6. The van der Waals surface area contributed by atoms with E-state index >= 15 is 0 Å². The van der Waals surface area contributed by atoms with Gasteiger partial charge in [0.05, 0.1) is 30.7 Å². The molecule has 1 aliphatic carbocycles. The van der Waals surface area contributed by atoms with Crippen molar-refractivity contribution in [3.63, 3.8) is 0 Å². The minimum atomic E-state index is -0.440. The van der Waals surface area contributed by atoms with E-state index in [4.69, 9.17) is 15.2 Å². The van der Waals surface area contributed by atoms with Crippen molar-refractivity contribution in [2.24, 2.45) is 5.92 Å². The fraction of sp³-hybridized carbons (Fsp3) is 0.538. The van der Waals surface area contributed by atoms with Crippen molar-refractivity contribution in [2.45, 2.75) is 26.2 Å². The second-order valence-corrected chi connectivity index (χ2v) is 4.41. The molecule has 0 amide bonds. The average molecular weight is 250 g/mol. The molecule has 1 fully saturated rings. The Balaban J connectivity index is 1.97. The fourth-order valence-electron chi connectivity index (χ4n) is 1.65. The van der Waals surface area contributed by atoms with Crippen LogP contribution in [0.5, 0.6) is 5.88 Å². The molecule has 18 heavy (non-hydrogen) atoms. The number of ether oxygens (including phenoxy) is 2. The lowest BCUT2D eigenvalue weighted by atomic mass is 10.2. The molecule has 0 bridgehead atoms. The van der Waals surface area contributed by atoms with E-state index in [0.29, 0.717) is 30.3 Å². The normalized spacial score (nSPS) is 14.3. The van der Waals surface area contributed by atoms with Gasteiger partial charge in [0.1, 0.15) is 0 Å². The Kier molecular flexibility index (Phi) is 4.02. The van der Waals surface area contributed by atoms with Gasteiger partial charge in [-0.2, -0.15) is 0 Å². The number of aromatic nitrogens is 1. The van der Waals surface area contributed by atoms with E-state index in [1.165, 1.54) is 19.0 Å². The van der Waals surface area contributed by atoms with Gasteiger partial charge in [-0.3, -0.25) is 0 Å². The predicted molar refractivity (Wildman–Crippen MR) is 67.4 cm³/mol. The lowest BCUT2D eigenvalue weighted by Gasteiger charge is -2.08. The van der Waals surface area contributed by atoms with E-state index in [2.05, 4.69) is 4.98 Å². The summed E-state index contributed by atoms with van der Waals surface area (Å²) >= 11 is 0. The molecule has 0 unspecified atom stereocenters. The van der Waals surface area contributed by atoms with Crippen LogP contribution in [0, 0.1) is 5.92 Å². The molecule has 5 nitrogen and oxygen atoms in total. The summed E-state index contributed by atoms with van der Waals surface area (Å²) in [5, 5.41) is 0. The van der Waals surface area contributed by atoms with Crippen LogP contribution in [-0.2, 0) is 4.74 Å². The Morgan fingerprint density at radius 2 is 2.33 bits per heavy atom. The summed E-state index contributed by atoms with van der Waals surface area (Å²) in [6, 6.07) is 1.54. The Morgan fingerprint density at radius 3 is 3.00 bits per heavy atom. The SMILES string of the molecule is CCOC(=O)c1cc(OCCC2CC2)ncc1N. The van der Waals surface area contributed by atoms with Crippen LogP contribution in [0.25, 0.3) is 0 Å². The topological polar surface area (TPSA) is 74.4 Å². The van der Waals surface area contributed by atoms with E-state index in [9.17, 15) is 4.79 Å². The largest absolute Gasteiger partial charge is 0.478 e. The number of esters is 1. The summed E-state index contributed by atoms with van der Waals surface area (Å²) in [5.41, 5.74) is 6.31. The van der Waals surface area contributed by atoms with Gasteiger partial charge in [0.2, 0.25) is 5.88 Å².